The minimum absolute atomic E-state index is 0.305. The van der Waals surface area contributed by atoms with Crippen molar-refractivity contribution in [2.24, 2.45) is 14.1 Å². The summed E-state index contributed by atoms with van der Waals surface area (Å²) in [5.41, 5.74) is 2.67. The van der Waals surface area contributed by atoms with Crippen molar-refractivity contribution in [2.75, 3.05) is 19.6 Å². The third-order valence-electron chi connectivity index (χ3n) is 5.14. The molecule has 3 aromatic rings. The summed E-state index contributed by atoms with van der Waals surface area (Å²) in [4.78, 5) is 35.4. The van der Waals surface area contributed by atoms with E-state index in [1.165, 1.54) is 17.2 Å². The number of hydrogen-bond acceptors (Lipinski definition) is 5. The fourth-order valence-electron chi connectivity index (χ4n) is 3.57. The van der Waals surface area contributed by atoms with Gasteiger partial charge in [-0.15, -0.1) is 0 Å². The molecule has 4 heterocycles. The first kappa shape index (κ1) is 17.4. The molecule has 0 saturated carbocycles. The van der Waals surface area contributed by atoms with Gasteiger partial charge in [-0.05, 0) is 23.6 Å². The van der Waals surface area contributed by atoms with Gasteiger partial charge in [-0.25, -0.2) is 9.78 Å². The predicted octanol–water partition coefficient (Wildman–Crippen LogP) is 0.618. The van der Waals surface area contributed by atoms with Gasteiger partial charge in [0.25, 0.3) is 5.56 Å². The molecule has 8 heteroatoms. The first-order chi connectivity index (χ1) is 13.1. The molecule has 0 fully saturated rings. The highest BCUT2D eigenvalue weighted by molar-refractivity contribution is 5.70. The molecule has 0 spiro atoms. The second kappa shape index (κ2) is 6.96. The molecule has 4 rings (SSSR count). The lowest BCUT2D eigenvalue weighted by molar-refractivity contribution is 0.292. The summed E-state index contributed by atoms with van der Waals surface area (Å²) >= 11 is 0. The lowest BCUT2D eigenvalue weighted by Gasteiger charge is -2.27. The molecule has 1 aliphatic rings. The Hall–Kier alpha value is -3.00. The average Bonchev–Trinajstić information content (AvgIpc) is 3.14. The molecule has 0 amide bonds. The summed E-state index contributed by atoms with van der Waals surface area (Å²) in [5, 5.41) is 0. The van der Waals surface area contributed by atoms with Gasteiger partial charge in [-0.1, -0.05) is 12.1 Å². The van der Waals surface area contributed by atoms with Crippen molar-refractivity contribution in [3.8, 4) is 0 Å². The SMILES string of the molecule is Cn1c(=O)c2c(ncn2CCN2CCC=C(c3cccnc3)C2)n(C)c1=O. The van der Waals surface area contributed by atoms with Crippen LogP contribution in [0.1, 0.15) is 12.0 Å². The van der Waals surface area contributed by atoms with E-state index in [0.717, 1.165) is 36.2 Å². The Morgan fingerprint density at radius 1 is 1.15 bits per heavy atom. The van der Waals surface area contributed by atoms with Crippen LogP contribution in [0.5, 0.6) is 0 Å². The predicted molar refractivity (Wildman–Crippen MR) is 103 cm³/mol. The van der Waals surface area contributed by atoms with Gasteiger partial charge in [0, 0.05) is 52.7 Å². The lowest BCUT2D eigenvalue weighted by atomic mass is 10.0. The van der Waals surface area contributed by atoms with Gasteiger partial charge < -0.3 is 4.57 Å². The number of rotatable bonds is 4. The molecule has 8 nitrogen and oxygen atoms in total. The molecule has 0 atom stereocenters. The first-order valence-corrected chi connectivity index (χ1v) is 8.99. The van der Waals surface area contributed by atoms with E-state index in [1.54, 1.807) is 19.6 Å². The number of pyridine rings is 1. The van der Waals surface area contributed by atoms with Gasteiger partial charge >= 0.3 is 5.69 Å². The number of fused-ring (bicyclic) bond motifs is 1. The van der Waals surface area contributed by atoms with Gasteiger partial charge in [0.2, 0.25) is 0 Å². The fraction of sp³-hybridized carbons (Fsp3) is 0.368. The average molecular weight is 366 g/mol. The van der Waals surface area contributed by atoms with E-state index in [2.05, 4.69) is 27.0 Å². The molecule has 0 unspecified atom stereocenters. The van der Waals surface area contributed by atoms with E-state index in [1.807, 2.05) is 16.8 Å². The van der Waals surface area contributed by atoms with Crippen LogP contribution in [-0.2, 0) is 20.6 Å². The topological polar surface area (TPSA) is 78.0 Å². The van der Waals surface area contributed by atoms with E-state index in [9.17, 15) is 9.59 Å². The van der Waals surface area contributed by atoms with Crippen molar-refractivity contribution in [1.82, 2.24) is 28.6 Å². The lowest BCUT2D eigenvalue weighted by Crippen LogP contribution is -2.38. The highest BCUT2D eigenvalue weighted by atomic mass is 16.2. The Morgan fingerprint density at radius 2 is 2.00 bits per heavy atom. The Labute approximate surface area is 156 Å². The van der Waals surface area contributed by atoms with Gasteiger partial charge in [-0.2, -0.15) is 0 Å². The Morgan fingerprint density at radius 3 is 2.78 bits per heavy atom. The van der Waals surface area contributed by atoms with Crippen molar-refractivity contribution < 1.29 is 0 Å². The maximum absolute atomic E-state index is 12.5. The van der Waals surface area contributed by atoms with Crippen molar-refractivity contribution in [3.63, 3.8) is 0 Å². The Kier molecular flexibility index (Phi) is 4.49. The zero-order valence-electron chi connectivity index (χ0n) is 15.5. The van der Waals surface area contributed by atoms with Crippen LogP contribution < -0.4 is 11.2 Å². The number of aryl methyl sites for hydroxylation is 1. The highest BCUT2D eigenvalue weighted by Gasteiger charge is 2.17. The second-order valence-electron chi connectivity index (χ2n) is 6.85. The van der Waals surface area contributed by atoms with E-state index < -0.39 is 0 Å². The van der Waals surface area contributed by atoms with E-state index in [-0.39, 0.29) is 11.2 Å². The van der Waals surface area contributed by atoms with Crippen LogP contribution in [0.3, 0.4) is 0 Å². The molecular formula is C19H22N6O2. The van der Waals surface area contributed by atoms with Gasteiger partial charge in [0.05, 0.1) is 6.33 Å². The second-order valence-corrected chi connectivity index (χ2v) is 6.85. The standard InChI is InChI=1S/C19H22N6O2/c1-22-17-16(18(26)23(2)19(22)27)25(13-21-17)10-9-24-8-4-6-15(12-24)14-5-3-7-20-11-14/h3,5-7,11,13H,4,8-10,12H2,1-2H3. The summed E-state index contributed by atoms with van der Waals surface area (Å²) < 4.78 is 4.39. The molecule has 0 aromatic carbocycles. The minimum Gasteiger partial charge on any atom is -0.323 e. The molecular weight excluding hydrogens is 344 g/mol. The normalized spacial score (nSPS) is 15.3. The smallest absolute Gasteiger partial charge is 0.323 e. The van der Waals surface area contributed by atoms with Gasteiger partial charge in [-0.3, -0.25) is 23.8 Å². The molecule has 0 bridgehead atoms. The molecule has 1 aliphatic heterocycles. The largest absolute Gasteiger partial charge is 0.332 e. The molecule has 140 valence electrons. The van der Waals surface area contributed by atoms with Crippen LogP contribution in [0.2, 0.25) is 0 Å². The summed E-state index contributed by atoms with van der Waals surface area (Å²) in [5.74, 6) is 0. The third-order valence-corrected chi connectivity index (χ3v) is 5.14. The van der Waals surface area contributed by atoms with Gasteiger partial charge in [0.1, 0.15) is 0 Å². The number of nitrogens with zero attached hydrogens (tertiary/aromatic N) is 6. The fourth-order valence-corrected chi connectivity index (χ4v) is 3.57. The number of imidazole rings is 1. The van der Waals surface area contributed by atoms with E-state index >= 15 is 0 Å². The van der Waals surface area contributed by atoms with Gasteiger partial charge in [0.15, 0.2) is 11.2 Å². The third kappa shape index (κ3) is 3.12. The summed E-state index contributed by atoms with van der Waals surface area (Å²) in [6, 6.07) is 4.03. The first-order valence-electron chi connectivity index (χ1n) is 8.99. The summed E-state index contributed by atoms with van der Waals surface area (Å²) in [7, 11) is 3.13. The number of hydrogen-bond donors (Lipinski definition) is 0. The molecule has 0 saturated heterocycles. The van der Waals surface area contributed by atoms with Crippen LogP contribution >= 0.6 is 0 Å². The zero-order chi connectivity index (χ0) is 19.0. The summed E-state index contributed by atoms with van der Waals surface area (Å²) in [6.45, 7) is 3.28. The van der Waals surface area contributed by atoms with Crippen LogP contribution in [0.25, 0.3) is 16.7 Å². The van der Waals surface area contributed by atoms with Crippen LogP contribution in [-0.4, -0.2) is 48.2 Å². The van der Waals surface area contributed by atoms with Crippen molar-refractivity contribution >= 4 is 16.7 Å². The van der Waals surface area contributed by atoms with Crippen LogP contribution in [0, 0.1) is 0 Å². The number of aromatic nitrogens is 5. The maximum Gasteiger partial charge on any atom is 0.332 e. The monoisotopic (exact) mass is 366 g/mol. The van der Waals surface area contributed by atoms with Crippen molar-refractivity contribution in [3.05, 3.63) is 63.3 Å². The summed E-state index contributed by atoms with van der Waals surface area (Å²) in [6.07, 6.45) is 8.58. The molecule has 27 heavy (non-hydrogen) atoms. The van der Waals surface area contributed by atoms with Crippen LogP contribution in [0.4, 0.5) is 0 Å². The Balaban J connectivity index is 1.54. The highest BCUT2D eigenvalue weighted by Crippen LogP contribution is 2.20. The zero-order valence-corrected chi connectivity index (χ0v) is 15.5. The van der Waals surface area contributed by atoms with E-state index in [4.69, 9.17) is 0 Å². The minimum atomic E-state index is -0.361. The molecule has 3 aromatic heterocycles. The molecule has 0 N–H and O–H groups in total. The van der Waals surface area contributed by atoms with Crippen molar-refractivity contribution in [1.29, 1.82) is 0 Å². The van der Waals surface area contributed by atoms with E-state index in [0.29, 0.717) is 17.7 Å². The molecule has 0 radical (unpaired) electrons. The maximum atomic E-state index is 12.5. The van der Waals surface area contributed by atoms with Crippen LogP contribution in [0.15, 0.2) is 46.5 Å². The Bertz CT molecular complexity index is 1120. The van der Waals surface area contributed by atoms with Crippen molar-refractivity contribution in [2.45, 2.75) is 13.0 Å². The molecule has 0 aliphatic carbocycles. The quantitative estimate of drug-likeness (QED) is 0.676.